The topological polar surface area (TPSA) is 0 Å². The van der Waals surface area contributed by atoms with Crippen molar-refractivity contribution < 1.29 is 4.39 Å². The fourth-order valence-corrected chi connectivity index (χ4v) is 0. The average Bonchev–Trinajstić information content (AvgIpc) is 1.36. The monoisotopic (exact) mass is 109 g/mol. The van der Waals surface area contributed by atoms with Crippen LogP contribution in [0.2, 0.25) is 0 Å². The lowest BCUT2D eigenvalue weighted by atomic mass is 10.3. The Kier molecular flexibility index (Phi) is 2.49. The molecule has 6 heavy (non-hydrogen) atoms. The van der Waals surface area contributed by atoms with Crippen LogP contribution < -0.4 is 0 Å². The van der Waals surface area contributed by atoms with Crippen LogP contribution >= 0.6 is 11.6 Å². The van der Waals surface area contributed by atoms with Gasteiger partial charge in [0.15, 0.2) is 0 Å². The minimum atomic E-state index is -1.13. The quantitative estimate of drug-likeness (QED) is 0.451. The Morgan fingerprint density at radius 2 is 2.00 bits per heavy atom. The molecule has 1 radical (unpaired) electrons. The van der Waals surface area contributed by atoms with Crippen molar-refractivity contribution in [2.45, 2.75) is 18.5 Å². The van der Waals surface area contributed by atoms with Gasteiger partial charge in [-0.15, -0.1) is 11.6 Å². The van der Waals surface area contributed by atoms with Gasteiger partial charge in [0.05, 0.1) is 5.38 Å². The molecule has 2 heteroatoms. The summed E-state index contributed by atoms with van der Waals surface area (Å²) in [7, 11) is 0. The maximum absolute atomic E-state index is 11.6. The highest BCUT2D eigenvalue weighted by molar-refractivity contribution is 6.20. The van der Waals surface area contributed by atoms with E-state index in [0.717, 1.165) is 0 Å². The third-order valence-corrected chi connectivity index (χ3v) is 0.772. The van der Waals surface area contributed by atoms with E-state index in [0.29, 0.717) is 0 Å². The van der Waals surface area contributed by atoms with Crippen molar-refractivity contribution in [3.05, 3.63) is 6.92 Å². The molecule has 0 bridgehead atoms. The van der Waals surface area contributed by atoms with E-state index in [1.165, 1.54) is 0 Å². The zero-order chi connectivity index (χ0) is 5.15. The SMILES string of the molecule is [CH2]C(F)C(C)Cl. The number of rotatable bonds is 1. The molecule has 0 amide bonds. The molecule has 0 aromatic heterocycles. The van der Waals surface area contributed by atoms with Crippen LogP contribution in [0.3, 0.4) is 0 Å². The smallest absolute Gasteiger partial charge is 0.116 e. The Morgan fingerprint density at radius 1 is 1.83 bits per heavy atom. The third kappa shape index (κ3) is 2.46. The summed E-state index contributed by atoms with van der Waals surface area (Å²) < 4.78 is 11.6. The lowest BCUT2D eigenvalue weighted by Gasteiger charge is -1.98. The van der Waals surface area contributed by atoms with E-state index in [9.17, 15) is 4.39 Å². The van der Waals surface area contributed by atoms with Crippen LogP contribution in [0.15, 0.2) is 0 Å². The van der Waals surface area contributed by atoms with Crippen molar-refractivity contribution in [3.63, 3.8) is 0 Å². The molecule has 0 aliphatic carbocycles. The van der Waals surface area contributed by atoms with E-state index in [1.807, 2.05) is 0 Å². The van der Waals surface area contributed by atoms with Gasteiger partial charge in [-0.2, -0.15) is 0 Å². The molecule has 0 aromatic rings. The van der Waals surface area contributed by atoms with Crippen LogP contribution in [-0.4, -0.2) is 11.5 Å². The molecule has 37 valence electrons. The van der Waals surface area contributed by atoms with Gasteiger partial charge in [0, 0.05) is 0 Å². The predicted octanol–water partition coefficient (Wildman–Crippen LogP) is 1.79. The molecule has 2 unspecified atom stereocenters. The van der Waals surface area contributed by atoms with Crippen molar-refractivity contribution >= 4 is 11.6 Å². The summed E-state index contributed by atoms with van der Waals surface area (Å²) in [6.45, 7) is 4.61. The van der Waals surface area contributed by atoms with Crippen molar-refractivity contribution in [2.24, 2.45) is 0 Å². The summed E-state index contributed by atoms with van der Waals surface area (Å²) in [6.07, 6.45) is -1.13. The maximum Gasteiger partial charge on any atom is 0.116 e. The Bertz CT molecular complexity index is 28.5. The standard InChI is InChI=1S/C4H7ClF/c1-3(5)4(2)6/h3-4H,2H2,1H3. The Hall–Kier alpha value is 0.220. The van der Waals surface area contributed by atoms with Crippen LogP contribution in [0, 0.1) is 6.92 Å². The van der Waals surface area contributed by atoms with Crippen molar-refractivity contribution in [2.75, 3.05) is 0 Å². The highest BCUT2D eigenvalue weighted by Crippen LogP contribution is 2.02. The summed E-state index contributed by atoms with van der Waals surface area (Å²) in [5.41, 5.74) is 0. The minimum Gasteiger partial charge on any atom is -0.246 e. The van der Waals surface area contributed by atoms with Gasteiger partial charge in [0.25, 0.3) is 0 Å². The maximum atomic E-state index is 11.6. The largest absolute Gasteiger partial charge is 0.246 e. The molecular weight excluding hydrogens is 102 g/mol. The van der Waals surface area contributed by atoms with Crippen LogP contribution in [0.4, 0.5) is 4.39 Å². The molecular formula is C4H7ClF. The van der Waals surface area contributed by atoms with Crippen LogP contribution in [0.25, 0.3) is 0 Å². The van der Waals surface area contributed by atoms with Crippen molar-refractivity contribution in [1.82, 2.24) is 0 Å². The molecule has 0 aliphatic heterocycles. The van der Waals surface area contributed by atoms with E-state index in [-0.39, 0.29) is 0 Å². The van der Waals surface area contributed by atoms with Gasteiger partial charge in [-0.25, -0.2) is 4.39 Å². The van der Waals surface area contributed by atoms with Crippen LogP contribution in [0.5, 0.6) is 0 Å². The zero-order valence-electron chi connectivity index (χ0n) is 3.62. The lowest BCUT2D eigenvalue weighted by molar-refractivity contribution is 0.392. The first-order chi connectivity index (χ1) is 2.64. The third-order valence-electron chi connectivity index (χ3n) is 0.498. The lowest BCUT2D eigenvalue weighted by Crippen LogP contribution is -2.05. The van der Waals surface area contributed by atoms with E-state index >= 15 is 0 Å². The minimum absolute atomic E-state index is 0.454. The van der Waals surface area contributed by atoms with Crippen molar-refractivity contribution in [3.8, 4) is 0 Å². The fourth-order valence-electron chi connectivity index (χ4n) is 0. The summed E-state index contributed by atoms with van der Waals surface area (Å²) in [4.78, 5) is 0. The second-order valence-electron chi connectivity index (χ2n) is 1.19. The molecule has 0 heterocycles. The first-order valence-corrected chi connectivity index (χ1v) is 2.19. The Balaban J connectivity index is 2.99. The average molecular weight is 110 g/mol. The zero-order valence-corrected chi connectivity index (χ0v) is 4.37. The Labute approximate surface area is 42.3 Å². The fraction of sp³-hybridized carbons (Fsp3) is 0.750. The van der Waals surface area contributed by atoms with Gasteiger partial charge in [0.2, 0.25) is 0 Å². The molecule has 2 atom stereocenters. The second-order valence-corrected chi connectivity index (χ2v) is 1.88. The number of alkyl halides is 2. The molecule has 0 nitrogen and oxygen atoms in total. The first kappa shape index (κ1) is 6.22. The van der Waals surface area contributed by atoms with Gasteiger partial charge >= 0.3 is 0 Å². The molecule has 0 spiro atoms. The van der Waals surface area contributed by atoms with Gasteiger partial charge in [0.1, 0.15) is 6.17 Å². The molecule has 0 saturated carbocycles. The Morgan fingerprint density at radius 3 is 2.00 bits per heavy atom. The highest BCUT2D eigenvalue weighted by atomic mass is 35.5. The summed E-state index contributed by atoms with van der Waals surface area (Å²) in [5.74, 6) is 0. The molecule has 0 N–H and O–H groups in total. The van der Waals surface area contributed by atoms with Gasteiger partial charge in [-0.05, 0) is 13.8 Å². The van der Waals surface area contributed by atoms with Gasteiger partial charge in [-0.1, -0.05) is 0 Å². The number of hydrogen-bond donors (Lipinski definition) is 0. The van der Waals surface area contributed by atoms with Crippen molar-refractivity contribution in [1.29, 1.82) is 0 Å². The predicted molar refractivity (Wildman–Crippen MR) is 25.6 cm³/mol. The number of halogens is 2. The summed E-state index contributed by atoms with van der Waals surface area (Å²) in [6, 6.07) is 0. The normalized spacial score (nSPS) is 20.0. The van der Waals surface area contributed by atoms with E-state index < -0.39 is 11.5 Å². The van der Waals surface area contributed by atoms with E-state index in [4.69, 9.17) is 11.6 Å². The molecule has 0 saturated heterocycles. The molecule has 0 aliphatic rings. The summed E-state index contributed by atoms with van der Waals surface area (Å²) >= 11 is 5.18. The molecule has 0 rings (SSSR count). The molecule has 0 aromatic carbocycles. The van der Waals surface area contributed by atoms with E-state index in [1.54, 1.807) is 6.92 Å². The summed E-state index contributed by atoms with van der Waals surface area (Å²) in [5, 5.41) is -0.454. The van der Waals surface area contributed by atoms with Gasteiger partial charge in [-0.3, -0.25) is 0 Å². The first-order valence-electron chi connectivity index (χ1n) is 1.76. The second kappa shape index (κ2) is 2.40. The molecule has 0 fully saturated rings. The van der Waals surface area contributed by atoms with E-state index in [2.05, 4.69) is 6.92 Å². The highest BCUT2D eigenvalue weighted by Gasteiger charge is 2.03. The van der Waals surface area contributed by atoms with Gasteiger partial charge < -0.3 is 0 Å². The van der Waals surface area contributed by atoms with Crippen LogP contribution in [-0.2, 0) is 0 Å². The number of hydrogen-bond acceptors (Lipinski definition) is 0. The van der Waals surface area contributed by atoms with Crippen LogP contribution in [0.1, 0.15) is 6.92 Å².